The molecule has 0 spiro atoms. The minimum atomic E-state index is -0.0241. The summed E-state index contributed by atoms with van der Waals surface area (Å²) in [7, 11) is 0. The van der Waals surface area contributed by atoms with Crippen LogP contribution in [0.5, 0.6) is 11.5 Å². The predicted octanol–water partition coefficient (Wildman–Crippen LogP) is 3.80. The summed E-state index contributed by atoms with van der Waals surface area (Å²) in [6.07, 6.45) is 0.324. The first kappa shape index (κ1) is 17.3. The number of rotatable bonds is 4. The van der Waals surface area contributed by atoms with Gasteiger partial charge in [0.15, 0.2) is 11.5 Å². The fraction of sp³-hybridized carbons (Fsp3) is 0.381. The number of nitrogens with one attached hydrogen (secondary N) is 1. The van der Waals surface area contributed by atoms with E-state index in [2.05, 4.69) is 38.2 Å². The molecule has 4 nitrogen and oxygen atoms in total. The first-order valence-electron chi connectivity index (χ1n) is 8.69. The Morgan fingerprint density at radius 3 is 2.44 bits per heavy atom. The van der Waals surface area contributed by atoms with Crippen molar-refractivity contribution >= 4 is 5.91 Å². The predicted molar refractivity (Wildman–Crippen MR) is 98.3 cm³/mol. The Hall–Kier alpha value is -2.49. The maximum absolute atomic E-state index is 12.4. The van der Waals surface area contributed by atoms with Crippen molar-refractivity contribution in [3.05, 3.63) is 58.1 Å². The highest BCUT2D eigenvalue weighted by Crippen LogP contribution is 2.31. The van der Waals surface area contributed by atoms with Gasteiger partial charge in [-0.3, -0.25) is 4.79 Å². The van der Waals surface area contributed by atoms with Crippen LogP contribution in [0.2, 0.25) is 0 Å². The maximum atomic E-state index is 12.4. The Kier molecular flexibility index (Phi) is 4.98. The third kappa shape index (κ3) is 3.95. The first-order chi connectivity index (χ1) is 11.9. The lowest BCUT2D eigenvalue weighted by molar-refractivity contribution is -0.121. The largest absolute Gasteiger partial charge is 0.486 e. The zero-order chi connectivity index (χ0) is 18.0. The molecule has 1 aliphatic rings. The molecule has 2 aromatic rings. The van der Waals surface area contributed by atoms with Crippen molar-refractivity contribution in [2.75, 3.05) is 13.2 Å². The number of carbonyl (C=O) groups excluding carboxylic acids is 1. The molecule has 0 unspecified atom stereocenters. The lowest BCUT2D eigenvalue weighted by Crippen LogP contribution is -2.28. The molecular weight excluding hydrogens is 314 g/mol. The monoisotopic (exact) mass is 339 g/mol. The van der Waals surface area contributed by atoms with E-state index < -0.39 is 0 Å². The van der Waals surface area contributed by atoms with E-state index in [-0.39, 0.29) is 11.9 Å². The average molecular weight is 339 g/mol. The molecule has 4 heteroatoms. The third-order valence-corrected chi connectivity index (χ3v) is 4.70. The number of hydrogen-bond donors (Lipinski definition) is 1. The van der Waals surface area contributed by atoms with Crippen LogP contribution in [0.15, 0.2) is 30.3 Å². The Bertz CT molecular complexity index is 798. The van der Waals surface area contributed by atoms with Gasteiger partial charge in [0.25, 0.3) is 0 Å². The summed E-state index contributed by atoms with van der Waals surface area (Å²) in [4.78, 5) is 12.4. The standard InChI is InChI=1S/C21H25NO3/c1-13-9-15(3)18(10-14(13)2)16(4)22-21(23)12-17-5-6-19-20(11-17)25-8-7-24-19/h5-6,9-11,16H,7-8,12H2,1-4H3,(H,22,23)/t16-/m0/s1. The summed E-state index contributed by atoms with van der Waals surface area (Å²) in [6, 6.07) is 9.99. The summed E-state index contributed by atoms with van der Waals surface area (Å²) < 4.78 is 11.1. The van der Waals surface area contributed by atoms with Crippen LogP contribution >= 0.6 is 0 Å². The molecular formula is C21H25NO3. The number of hydrogen-bond acceptors (Lipinski definition) is 3. The summed E-state index contributed by atoms with van der Waals surface area (Å²) in [5.41, 5.74) is 5.81. The van der Waals surface area contributed by atoms with Gasteiger partial charge in [-0.15, -0.1) is 0 Å². The molecule has 0 saturated heterocycles. The maximum Gasteiger partial charge on any atom is 0.224 e. The molecule has 1 N–H and O–H groups in total. The Balaban J connectivity index is 1.67. The van der Waals surface area contributed by atoms with Gasteiger partial charge in [-0.05, 0) is 67.6 Å². The fourth-order valence-electron chi connectivity index (χ4n) is 3.20. The van der Waals surface area contributed by atoms with Gasteiger partial charge >= 0.3 is 0 Å². The molecule has 0 fully saturated rings. The summed E-state index contributed by atoms with van der Waals surface area (Å²) in [5, 5.41) is 3.10. The molecule has 3 rings (SSSR count). The SMILES string of the molecule is Cc1cc(C)c([C@H](C)NC(=O)Cc2ccc3c(c2)OCCO3)cc1C. The quantitative estimate of drug-likeness (QED) is 0.921. The van der Waals surface area contributed by atoms with Crippen LogP contribution in [0.1, 0.15) is 40.8 Å². The van der Waals surface area contributed by atoms with E-state index in [9.17, 15) is 4.79 Å². The molecule has 0 aliphatic carbocycles. The smallest absolute Gasteiger partial charge is 0.224 e. The van der Waals surface area contributed by atoms with Crippen LogP contribution < -0.4 is 14.8 Å². The third-order valence-electron chi connectivity index (χ3n) is 4.70. The van der Waals surface area contributed by atoms with Crippen LogP contribution in [-0.4, -0.2) is 19.1 Å². The number of carbonyl (C=O) groups is 1. The van der Waals surface area contributed by atoms with E-state index in [1.54, 1.807) is 0 Å². The zero-order valence-electron chi connectivity index (χ0n) is 15.3. The van der Waals surface area contributed by atoms with Gasteiger partial charge in [0, 0.05) is 0 Å². The van der Waals surface area contributed by atoms with Gasteiger partial charge in [-0.1, -0.05) is 18.2 Å². The van der Waals surface area contributed by atoms with Crippen molar-refractivity contribution in [2.24, 2.45) is 0 Å². The Morgan fingerprint density at radius 2 is 1.68 bits per heavy atom. The highest BCUT2D eigenvalue weighted by atomic mass is 16.6. The second-order valence-corrected chi connectivity index (χ2v) is 6.74. The number of fused-ring (bicyclic) bond motifs is 1. The molecule has 0 bridgehead atoms. The minimum absolute atomic E-state index is 0.00167. The molecule has 2 aromatic carbocycles. The van der Waals surface area contributed by atoms with Crippen LogP contribution in [-0.2, 0) is 11.2 Å². The Labute approximate surface area is 149 Å². The molecule has 0 aromatic heterocycles. The van der Waals surface area contributed by atoms with Crippen molar-refractivity contribution in [1.29, 1.82) is 0 Å². The van der Waals surface area contributed by atoms with Gasteiger partial charge in [-0.25, -0.2) is 0 Å². The zero-order valence-corrected chi connectivity index (χ0v) is 15.3. The van der Waals surface area contributed by atoms with Crippen LogP contribution in [0, 0.1) is 20.8 Å². The molecule has 132 valence electrons. The van der Waals surface area contributed by atoms with Crippen molar-refractivity contribution in [3.8, 4) is 11.5 Å². The van der Waals surface area contributed by atoms with Crippen molar-refractivity contribution < 1.29 is 14.3 Å². The van der Waals surface area contributed by atoms with Crippen molar-refractivity contribution in [1.82, 2.24) is 5.32 Å². The summed E-state index contributed by atoms with van der Waals surface area (Å²) in [6.45, 7) is 9.44. The van der Waals surface area contributed by atoms with Crippen molar-refractivity contribution in [2.45, 2.75) is 40.2 Å². The normalized spacial score (nSPS) is 14.1. The second-order valence-electron chi connectivity index (χ2n) is 6.74. The van der Waals surface area contributed by atoms with Gasteiger partial charge < -0.3 is 14.8 Å². The van der Waals surface area contributed by atoms with E-state index in [1.165, 1.54) is 22.3 Å². The highest BCUT2D eigenvalue weighted by molar-refractivity contribution is 5.79. The fourth-order valence-corrected chi connectivity index (χ4v) is 3.20. The molecule has 25 heavy (non-hydrogen) atoms. The van der Waals surface area contributed by atoms with E-state index in [4.69, 9.17) is 9.47 Å². The average Bonchev–Trinajstić information content (AvgIpc) is 2.57. The molecule has 1 heterocycles. The second kappa shape index (κ2) is 7.18. The minimum Gasteiger partial charge on any atom is -0.486 e. The summed E-state index contributed by atoms with van der Waals surface area (Å²) in [5.74, 6) is 1.46. The number of ether oxygens (including phenoxy) is 2. The van der Waals surface area contributed by atoms with Crippen LogP contribution in [0.4, 0.5) is 0 Å². The van der Waals surface area contributed by atoms with E-state index in [1.807, 2.05) is 25.1 Å². The molecule has 1 amide bonds. The highest BCUT2D eigenvalue weighted by Gasteiger charge is 2.16. The molecule has 0 radical (unpaired) electrons. The lowest BCUT2D eigenvalue weighted by Gasteiger charge is -2.20. The van der Waals surface area contributed by atoms with Crippen molar-refractivity contribution in [3.63, 3.8) is 0 Å². The molecule has 0 saturated carbocycles. The Morgan fingerprint density at radius 1 is 1.00 bits per heavy atom. The van der Waals surface area contributed by atoms with Gasteiger partial charge in [0.1, 0.15) is 13.2 Å². The molecule has 1 atom stereocenters. The van der Waals surface area contributed by atoms with Gasteiger partial charge in [0.2, 0.25) is 5.91 Å². The topological polar surface area (TPSA) is 47.6 Å². The van der Waals surface area contributed by atoms with E-state index >= 15 is 0 Å². The number of amides is 1. The summed E-state index contributed by atoms with van der Waals surface area (Å²) >= 11 is 0. The van der Waals surface area contributed by atoms with Crippen LogP contribution in [0.25, 0.3) is 0 Å². The lowest BCUT2D eigenvalue weighted by atomic mass is 9.96. The molecule has 1 aliphatic heterocycles. The van der Waals surface area contributed by atoms with Gasteiger partial charge in [-0.2, -0.15) is 0 Å². The number of benzene rings is 2. The van der Waals surface area contributed by atoms with Crippen LogP contribution in [0.3, 0.4) is 0 Å². The first-order valence-corrected chi connectivity index (χ1v) is 8.69. The van der Waals surface area contributed by atoms with E-state index in [0.29, 0.717) is 19.6 Å². The van der Waals surface area contributed by atoms with E-state index in [0.717, 1.165) is 17.1 Å². The number of aryl methyl sites for hydroxylation is 3. The van der Waals surface area contributed by atoms with Gasteiger partial charge in [0.05, 0.1) is 12.5 Å².